The first-order valence-corrected chi connectivity index (χ1v) is 5.38. The number of carbonyl (C=O) groups excluding carboxylic acids is 1. The number of carboxylic acids is 1. The Morgan fingerprint density at radius 2 is 2.40 bits per heavy atom. The van der Waals surface area contributed by atoms with E-state index in [1.165, 1.54) is 0 Å². The second-order valence-electron chi connectivity index (χ2n) is 3.78. The van der Waals surface area contributed by atoms with Gasteiger partial charge in [0.1, 0.15) is 0 Å². The molecule has 0 aromatic rings. The van der Waals surface area contributed by atoms with Gasteiger partial charge in [0.05, 0.1) is 6.04 Å². The summed E-state index contributed by atoms with van der Waals surface area (Å²) >= 11 is 0. The zero-order valence-corrected chi connectivity index (χ0v) is 9.03. The van der Waals surface area contributed by atoms with Crippen molar-refractivity contribution in [1.29, 1.82) is 0 Å². The SMILES string of the molecule is CCCN1CCNC(=O)C1CCC(=O)O. The molecule has 15 heavy (non-hydrogen) atoms. The van der Waals surface area contributed by atoms with E-state index >= 15 is 0 Å². The Kier molecular flexibility index (Phi) is 4.55. The molecule has 1 aliphatic rings. The van der Waals surface area contributed by atoms with Crippen molar-refractivity contribution in [2.45, 2.75) is 32.2 Å². The highest BCUT2D eigenvalue weighted by molar-refractivity contribution is 5.83. The Morgan fingerprint density at radius 3 is 3.00 bits per heavy atom. The van der Waals surface area contributed by atoms with Crippen LogP contribution >= 0.6 is 0 Å². The van der Waals surface area contributed by atoms with Gasteiger partial charge in [-0.3, -0.25) is 14.5 Å². The molecule has 0 bridgehead atoms. The lowest BCUT2D eigenvalue weighted by molar-refractivity contribution is -0.138. The Balaban J connectivity index is 2.51. The lowest BCUT2D eigenvalue weighted by Crippen LogP contribution is -2.55. The summed E-state index contributed by atoms with van der Waals surface area (Å²) in [7, 11) is 0. The normalized spacial score (nSPS) is 22.5. The summed E-state index contributed by atoms with van der Waals surface area (Å²) in [5.74, 6) is -0.874. The Hall–Kier alpha value is -1.10. The summed E-state index contributed by atoms with van der Waals surface area (Å²) in [5.41, 5.74) is 0. The number of aliphatic carboxylic acids is 1. The largest absolute Gasteiger partial charge is 0.481 e. The van der Waals surface area contributed by atoms with Crippen LogP contribution in [0, 0.1) is 0 Å². The van der Waals surface area contributed by atoms with Gasteiger partial charge in [-0.1, -0.05) is 6.92 Å². The van der Waals surface area contributed by atoms with E-state index in [9.17, 15) is 9.59 Å². The number of nitrogens with one attached hydrogen (secondary N) is 1. The van der Waals surface area contributed by atoms with E-state index in [-0.39, 0.29) is 18.4 Å². The average molecular weight is 214 g/mol. The highest BCUT2D eigenvalue weighted by Crippen LogP contribution is 2.11. The summed E-state index contributed by atoms with van der Waals surface area (Å²) in [5, 5.41) is 11.4. The van der Waals surface area contributed by atoms with Crippen LogP contribution in [-0.4, -0.2) is 47.6 Å². The number of carboxylic acid groups (broad SMARTS) is 1. The van der Waals surface area contributed by atoms with Crippen molar-refractivity contribution in [2.24, 2.45) is 0 Å². The Morgan fingerprint density at radius 1 is 1.67 bits per heavy atom. The van der Waals surface area contributed by atoms with E-state index in [0.29, 0.717) is 13.0 Å². The van der Waals surface area contributed by atoms with Crippen LogP contribution in [0.1, 0.15) is 26.2 Å². The van der Waals surface area contributed by atoms with Gasteiger partial charge in [-0.25, -0.2) is 0 Å². The van der Waals surface area contributed by atoms with E-state index in [1.54, 1.807) is 0 Å². The third-order valence-electron chi connectivity index (χ3n) is 2.58. The number of piperazine rings is 1. The van der Waals surface area contributed by atoms with Gasteiger partial charge >= 0.3 is 5.97 Å². The molecule has 1 atom stereocenters. The van der Waals surface area contributed by atoms with Crippen molar-refractivity contribution in [3.8, 4) is 0 Å². The predicted octanol–water partition coefficient (Wildman–Crippen LogP) is 0.0616. The fourth-order valence-corrected chi connectivity index (χ4v) is 1.89. The summed E-state index contributed by atoms with van der Waals surface area (Å²) in [6, 6.07) is -0.255. The van der Waals surface area contributed by atoms with E-state index < -0.39 is 5.97 Å². The van der Waals surface area contributed by atoms with Crippen LogP contribution < -0.4 is 5.32 Å². The summed E-state index contributed by atoms with van der Waals surface area (Å²) < 4.78 is 0. The van der Waals surface area contributed by atoms with Gasteiger partial charge in [0, 0.05) is 19.5 Å². The highest BCUT2D eigenvalue weighted by Gasteiger charge is 2.28. The van der Waals surface area contributed by atoms with Gasteiger partial charge < -0.3 is 10.4 Å². The molecule has 86 valence electrons. The summed E-state index contributed by atoms with van der Waals surface area (Å²) in [6.45, 7) is 4.41. The van der Waals surface area contributed by atoms with E-state index in [1.807, 2.05) is 0 Å². The predicted molar refractivity (Wildman–Crippen MR) is 55.5 cm³/mol. The minimum Gasteiger partial charge on any atom is -0.481 e. The maximum absolute atomic E-state index is 11.5. The zero-order chi connectivity index (χ0) is 11.3. The van der Waals surface area contributed by atoms with Crippen LogP contribution in [0.5, 0.6) is 0 Å². The number of amides is 1. The number of hydrogen-bond acceptors (Lipinski definition) is 3. The number of rotatable bonds is 5. The molecule has 5 heteroatoms. The van der Waals surface area contributed by atoms with Crippen LogP contribution in [0.4, 0.5) is 0 Å². The average Bonchev–Trinajstić information content (AvgIpc) is 2.17. The molecule has 1 rings (SSSR count). The quantitative estimate of drug-likeness (QED) is 0.679. The first kappa shape index (κ1) is 12.0. The molecule has 0 saturated carbocycles. The Labute approximate surface area is 89.4 Å². The minimum absolute atomic E-state index is 0.0315. The van der Waals surface area contributed by atoms with Crippen LogP contribution in [0.3, 0.4) is 0 Å². The number of carbonyl (C=O) groups is 2. The van der Waals surface area contributed by atoms with Crippen LogP contribution in [0.25, 0.3) is 0 Å². The standard InChI is InChI=1S/C10H18N2O3/c1-2-6-12-7-5-11-10(15)8(12)3-4-9(13)14/h8H,2-7H2,1H3,(H,11,15)(H,13,14). The monoisotopic (exact) mass is 214 g/mol. The maximum atomic E-state index is 11.5. The van der Waals surface area contributed by atoms with Crippen molar-refractivity contribution in [1.82, 2.24) is 10.2 Å². The van der Waals surface area contributed by atoms with Crippen molar-refractivity contribution < 1.29 is 14.7 Å². The molecule has 0 spiro atoms. The van der Waals surface area contributed by atoms with E-state index in [4.69, 9.17) is 5.11 Å². The molecule has 1 fully saturated rings. The molecule has 1 unspecified atom stereocenters. The molecule has 2 N–H and O–H groups in total. The van der Waals surface area contributed by atoms with E-state index in [2.05, 4.69) is 17.1 Å². The molecule has 0 aliphatic carbocycles. The third kappa shape index (κ3) is 3.51. The highest BCUT2D eigenvalue weighted by atomic mass is 16.4. The lowest BCUT2D eigenvalue weighted by atomic mass is 10.1. The number of nitrogens with zero attached hydrogens (tertiary/aromatic N) is 1. The molecule has 1 saturated heterocycles. The van der Waals surface area contributed by atoms with Gasteiger partial charge in [-0.05, 0) is 19.4 Å². The van der Waals surface area contributed by atoms with E-state index in [0.717, 1.165) is 19.5 Å². The van der Waals surface area contributed by atoms with Crippen molar-refractivity contribution in [3.05, 3.63) is 0 Å². The second-order valence-corrected chi connectivity index (χ2v) is 3.78. The summed E-state index contributed by atoms with van der Waals surface area (Å²) in [4.78, 5) is 24.1. The molecular weight excluding hydrogens is 196 g/mol. The summed E-state index contributed by atoms with van der Waals surface area (Å²) in [6.07, 6.45) is 1.44. The van der Waals surface area contributed by atoms with Crippen molar-refractivity contribution in [2.75, 3.05) is 19.6 Å². The van der Waals surface area contributed by atoms with Gasteiger partial charge in [0.25, 0.3) is 0 Å². The zero-order valence-electron chi connectivity index (χ0n) is 9.03. The smallest absolute Gasteiger partial charge is 0.303 e. The first-order chi connectivity index (χ1) is 7.15. The van der Waals surface area contributed by atoms with Crippen LogP contribution in [0.15, 0.2) is 0 Å². The fourth-order valence-electron chi connectivity index (χ4n) is 1.89. The molecule has 0 radical (unpaired) electrons. The van der Waals surface area contributed by atoms with Crippen molar-refractivity contribution >= 4 is 11.9 Å². The molecule has 5 nitrogen and oxygen atoms in total. The van der Waals surface area contributed by atoms with Gasteiger partial charge in [-0.15, -0.1) is 0 Å². The molecule has 1 aliphatic heterocycles. The first-order valence-electron chi connectivity index (χ1n) is 5.38. The van der Waals surface area contributed by atoms with Crippen LogP contribution in [0.2, 0.25) is 0 Å². The number of hydrogen-bond donors (Lipinski definition) is 2. The van der Waals surface area contributed by atoms with Gasteiger partial charge in [0.2, 0.25) is 5.91 Å². The van der Waals surface area contributed by atoms with Gasteiger partial charge in [0.15, 0.2) is 0 Å². The van der Waals surface area contributed by atoms with Gasteiger partial charge in [-0.2, -0.15) is 0 Å². The third-order valence-corrected chi connectivity index (χ3v) is 2.58. The molecular formula is C10H18N2O3. The second kappa shape index (κ2) is 5.70. The minimum atomic E-state index is -0.843. The molecule has 1 amide bonds. The van der Waals surface area contributed by atoms with Crippen LogP contribution in [-0.2, 0) is 9.59 Å². The maximum Gasteiger partial charge on any atom is 0.303 e. The molecule has 0 aromatic heterocycles. The molecule has 0 aromatic carbocycles. The van der Waals surface area contributed by atoms with Crippen molar-refractivity contribution in [3.63, 3.8) is 0 Å². The Bertz CT molecular complexity index is 241. The topological polar surface area (TPSA) is 69.6 Å². The fraction of sp³-hybridized carbons (Fsp3) is 0.800. The lowest BCUT2D eigenvalue weighted by Gasteiger charge is -2.34. The molecule has 1 heterocycles.